The molecule has 0 aliphatic rings. The molecule has 0 radical (unpaired) electrons. The van der Waals surface area contributed by atoms with E-state index in [0.717, 1.165) is 22.6 Å². The first-order valence-electron chi connectivity index (χ1n) is 5.55. The van der Waals surface area contributed by atoms with E-state index < -0.39 is 0 Å². The molecular formula is C11H13N7. The number of anilines is 1. The second-order valence-corrected chi connectivity index (χ2v) is 4.18. The first-order valence-corrected chi connectivity index (χ1v) is 5.55. The van der Waals surface area contributed by atoms with Crippen molar-refractivity contribution in [3.8, 4) is 11.3 Å². The molecule has 0 amide bonds. The number of nitrogen functional groups attached to an aromatic ring is 1. The van der Waals surface area contributed by atoms with Crippen LogP contribution in [-0.4, -0.2) is 29.4 Å². The molecule has 3 aromatic rings. The smallest absolute Gasteiger partial charge is 0.240 e. The van der Waals surface area contributed by atoms with Crippen LogP contribution in [0.1, 0.15) is 11.4 Å². The zero-order valence-corrected chi connectivity index (χ0v) is 10.4. The van der Waals surface area contributed by atoms with Gasteiger partial charge in [-0.25, -0.2) is 4.52 Å². The maximum atomic E-state index is 5.63. The van der Waals surface area contributed by atoms with Gasteiger partial charge in [-0.15, -0.1) is 5.10 Å². The Morgan fingerprint density at radius 2 is 2.00 bits per heavy atom. The zero-order valence-electron chi connectivity index (χ0n) is 10.4. The van der Waals surface area contributed by atoms with E-state index in [9.17, 15) is 0 Å². The summed E-state index contributed by atoms with van der Waals surface area (Å²) in [6, 6.07) is 0. The SMILES string of the molecule is Cc1nn(C)c(C)c1-c1nccn2nc(N)nc12. The van der Waals surface area contributed by atoms with E-state index in [1.807, 2.05) is 25.6 Å². The average Bonchev–Trinajstić information content (AvgIpc) is 2.80. The van der Waals surface area contributed by atoms with Crippen molar-refractivity contribution >= 4 is 11.6 Å². The van der Waals surface area contributed by atoms with Gasteiger partial charge in [0.05, 0.1) is 5.69 Å². The van der Waals surface area contributed by atoms with E-state index in [0.29, 0.717) is 5.65 Å². The van der Waals surface area contributed by atoms with Gasteiger partial charge in [0.1, 0.15) is 5.69 Å². The summed E-state index contributed by atoms with van der Waals surface area (Å²) >= 11 is 0. The van der Waals surface area contributed by atoms with Crippen molar-refractivity contribution in [2.24, 2.45) is 7.05 Å². The number of hydrogen-bond acceptors (Lipinski definition) is 5. The van der Waals surface area contributed by atoms with Crippen molar-refractivity contribution in [3.05, 3.63) is 23.8 Å². The first-order chi connectivity index (χ1) is 8.58. The Labute approximate surface area is 103 Å². The lowest BCUT2D eigenvalue weighted by atomic mass is 10.1. The number of aromatic nitrogens is 6. The lowest BCUT2D eigenvalue weighted by Crippen LogP contribution is -1.96. The summed E-state index contributed by atoms with van der Waals surface area (Å²) in [5.74, 6) is 0.239. The fourth-order valence-electron chi connectivity index (χ4n) is 2.13. The predicted molar refractivity (Wildman–Crippen MR) is 66.9 cm³/mol. The minimum Gasteiger partial charge on any atom is -0.366 e. The number of nitrogens with two attached hydrogens (primary N) is 1. The van der Waals surface area contributed by atoms with Gasteiger partial charge in [-0.05, 0) is 13.8 Å². The topological polar surface area (TPSA) is 86.9 Å². The van der Waals surface area contributed by atoms with Gasteiger partial charge in [0.2, 0.25) is 5.95 Å². The highest BCUT2D eigenvalue weighted by atomic mass is 15.3. The van der Waals surface area contributed by atoms with Gasteiger partial charge in [-0.2, -0.15) is 10.1 Å². The number of rotatable bonds is 1. The van der Waals surface area contributed by atoms with E-state index in [2.05, 4.69) is 20.2 Å². The molecule has 0 unspecified atom stereocenters. The average molecular weight is 243 g/mol. The molecule has 3 rings (SSSR count). The highest BCUT2D eigenvalue weighted by Gasteiger charge is 2.17. The molecule has 0 aromatic carbocycles. The minimum absolute atomic E-state index is 0.239. The van der Waals surface area contributed by atoms with E-state index in [1.165, 1.54) is 0 Å². The highest BCUT2D eigenvalue weighted by molar-refractivity contribution is 5.77. The van der Waals surface area contributed by atoms with Crippen LogP contribution in [0.3, 0.4) is 0 Å². The molecule has 7 heteroatoms. The monoisotopic (exact) mass is 243 g/mol. The fourth-order valence-corrected chi connectivity index (χ4v) is 2.13. The maximum absolute atomic E-state index is 5.63. The normalized spacial score (nSPS) is 11.3. The van der Waals surface area contributed by atoms with Crippen LogP contribution in [0, 0.1) is 13.8 Å². The third kappa shape index (κ3) is 1.37. The molecule has 0 aliphatic carbocycles. The Hall–Kier alpha value is -2.44. The summed E-state index contributed by atoms with van der Waals surface area (Å²) in [5, 5.41) is 8.47. The Morgan fingerprint density at radius 3 is 2.67 bits per heavy atom. The Kier molecular flexibility index (Phi) is 2.09. The minimum atomic E-state index is 0.239. The van der Waals surface area contributed by atoms with Crippen LogP contribution in [0.25, 0.3) is 16.9 Å². The van der Waals surface area contributed by atoms with E-state index in [1.54, 1.807) is 16.9 Å². The van der Waals surface area contributed by atoms with Crippen LogP contribution in [0.2, 0.25) is 0 Å². The molecule has 0 bridgehead atoms. The number of nitrogens with zero attached hydrogens (tertiary/aromatic N) is 6. The van der Waals surface area contributed by atoms with E-state index in [4.69, 9.17) is 5.73 Å². The van der Waals surface area contributed by atoms with Crippen molar-refractivity contribution in [2.75, 3.05) is 5.73 Å². The molecule has 0 atom stereocenters. The van der Waals surface area contributed by atoms with Crippen molar-refractivity contribution in [1.82, 2.24) is 29.4 Å². The molecule has 3 aromatic heterocycles. The molecule has 7 nitrogen and oxygen atoms in total. The van der Waals surface area contributed by atoms with Crippen LogP contribution < -0.4 is 5.73 Å². The van der Waals surface area contributed by atoms with Crippen LogP contribution in [-0.2, 0) is 7.05 Å². The van der Waals surface area contributed by atoms with Gasteiger partial charge >= 0.3 is 0 Å². The third-order valence-corrected chi connectivity index (χ3v) is 3.02. The quantitative estimate of drug-likeness (QED) is 0.680. The molecule has 0 spiro atoms. The van der Waals surface area contributed by atoms with Crippen molar-refractivity contribution < 1.29 is 0 Å². The zero-order chi connectivity index (χ0) is 12.9. The van der Waals surface area contributed by atoms with E-state index in [-0.39, 0.29) is 5.95 Å². The molecule has 92 valence electrons. The molecule has 3 heterocycles. The van der Waals surface area contributed by atoms with Gasteiger partial charge < -0.3 is 5.73 Å². The molecule has 0 saturated heterocycles. The lowest BCUT2D eigenvalue weighted by Gasteiger charge is -2.02. The third-order valence-electron chi connectivity index (χ3n) is 3.02. The van der Waals surface area contributed by atoms with Crippen molar-refractivity contribution in [3.63, 3.8) is 0 Å². The fraction of sp³-hybridized carbons (Fsp3) is 0.273. The Morgan fingerprint density at radius 1 is 1.22 bits per heavy atom. The second-order valence-electron chi connectivity index (χ2n) is 4.18. The highest BCUT2D eigenvalue weighted by Crippen LogP contribution is 2.27. The number of fused-ring (bicyclic) bond motifs is 1. The molecule has 0 saturated carbocycles. The Bertz CT molecular complexity index is 737. The molecule has 0 aliphatic heterocycles. The largest absolute Gasteiger partial charge is 0.366 e. The maximum Gasteiger partial charge on any atom is 0.240 e. The van der Waals surface area contributed by atoms with Gasteiger partial charge in [-0.3, -0.25) is 9.67 Å². The van der Waals surface area contributed by atoms with Crippen LogP contribution in [0.15, 0.2) is 12.4 Å². The van der Waals surface area contributed by atoms with Crippen molar-refractivity contribution in [2.45, 2.75) is 13.8 Å². The number of hydrogen-bond donors (Lipinski definition) is 1. The summed E-state index contributed by atoms with van der Waals surface area (Å²) in [4.78, 5) is 8.60. The van der Waals surface area contributed by atoms with Gasteiger partial charge in [-0.1, -0.05) is 0 Å². The van der Waals surface area contributed by atoms with Crippen LogP contribution in [0.4, 0.5) is 5.95 Å². The molecular weight excluding hydrogens is 230 g/mol. The van der Waals surface area contributed by atoms with E-state index >= 15 is 0 Å². The predicted octanol–water partition coefficient (Wildman–Crippen LogP) is 0.724. The summed E-state index contributed by atoms with van der Waals surface area (Å²) in [6.45, 7) is 3.95. The van der Waals surface area contributed by atoms with Gasteiger partial charge in [0.25, 0.3) is 0 Å². The number of aryl methyl sites for hydroxylation is 2. The Balaban J connectivity index is 2.38. The second kappa shape index (κ2) is 3.52. The van der Waals surface area contributed by atoms with Gasteiger partial charge in [0, 0.05) is 30.7 Å². The lowest BCUT2D eigenvalue weighted by molar-refractivity contribution is 0.731. The standard InChI is InChI=1S/C11H13N7/c1-6-8(7(2)17(3)15-6)9-10-14-11(12)16-18(10)5-4-13-9/h4-5H,1-3H3,(H2,12,16). The summed E-state index contributed by atoms with van der Waals surface area (Å²) in [5.41, 5.74) is 9.96. The molecule has 0 fully saturated rings. The van der Waals surface area contributed by atoms with Crippen LogP contribution >= 0.6 is 0 Å². The van der Waals surface area contributed by atoms with Crippen molar-refractivity contribution in [1.29, 1.82) is 0 Å². The first kappa shape index (κ1) is 10.7. The molecule has 2 N–H and O–H groups in total. The molecule has 18 heavy (non-hydrogen) atoms. The summed E-state index contributed by atoms with van der Waals surface area (Å²) in [6.07, 6.45) is 3.41. The summed E-state index contributed by atoms with van der Waals surface area (Å²) in [7, 11) is 1.91. The van der Waals surface area contributed by atoms with Crippen LogP contribution in [0.5, 0.6) is 0 Å². The van der Waals surface area contributed by atoms with Gasteiger partial charge in [0.15, 0.2) is 5.65 Å². The summed E-state index contributed by atoms with van der Waals surface area (Å²) < 4.78 is 3.46.